The highest BCUT2D eigenvalue weighted by Gasteiger charge is 2.21. The van der Waals surface area contributed by atoms with Crippen LogP contribution >= 0.6 is 0 Å². The van der Waals surface area contributed by atoms with Gasteiger partial charge in [0.25, 0.3) is 0 Å². The summed E-state index contributed by atoms with van der Waals surface area (Å²) >= 11 is 0. The molecule has 0 spiro atoms. The van der Waals surface area contributed by atoms with Crippen LogP contribution in [0.25, 0.3) is 0 Å². The van der Waals surface area contributed by atoms with Crippen molar-refractivity contribution in [2.45, 2.75) is 51.0 Å². The molecule has 84 valence electrons. The van der Waals surface area contributed by atoms with Crippen LogP contribution in [0.4, 0.5) is 0 Å². The molecule has 2 nitrogen and oxygen atoms in total. The molecule has 1 fully saturated rings. The van der Waals surface area contributed by atoms with E-state index in [4.69, 9.17) is 10.2 Å². The van der Waals surface area contributed by atoms with Crippen LogP contribution in [0.1, 0.15) is 56.7 Å². The molecular formula is C13H21NO. The normalized spacial score (nSPS) is 21.9. The van der Waals surface area contributed by atoms with E-state index in [9.17, 15) is 0 Å². The maximum Gasteiger partial charge on any atom is 0.120 e. The van der Waals surface area contributed by atoms with Gasteiger partial charge in [0.05, 0.1) is 12.3 Å². The van der Waals surface area contributed by atoms with Crippen molar-refractivity contribution in [3.05, 3.63) is 24.2 Å². The van der Waals surface area contributed by atoms with Crippen molar-refractivity contribution in [3.63, 3.8) is 0 Å². The van der Waals surface area contributed by atoms with Crippen molar-refractivity contribution in [1.29, 1.82) is 0 Å². The lowest BCUT2D eigenvalue weighted by atomic mass is 9.85. The Bertz CT molecular complexity index is 260. The summed E-state index contributed by atoms with van der Waals surface area (Å²) in [5.74, 6) is 1.58. The first kappa shape index (κ1) is 10.7. The minimum atomic E-state index is 0.109. The molecule has 0 aromatic carbocycles. The van der Waals surface area contributed by atoms with Gasteiger partial charge in [-0.15, -0.1) is 0 Å². The highest BCUT2D eigenvalue weighted by atomic mass is 16.3. The predicted octanol–water partition coefficient (Wildman–Crippen LogP) is 3.64. The summed E-state index contributed by atoms with van der Waals surface area (Å²) in [5, 5.41) is 0. The van der Waals surface area contributed by atoms with E-state index in [1.807, 2.05) is 12.1 Å². The first-order valence-corrected chi connectivity index (χ1v) is 6.17. The molecule has 1 aromatic heterocycles. The largest absolute Gasteiger partial charge is 0.468 e. The van der Waals surface area contributed by atoms with Gasteiger partial charge in [-0.3, -0.25) is 0 Å². The van der Waals surface area contributed by atoms with Gasteiger partial charge in [0, 0.05) is 0 Å². The second kappa shape index (κ2) is 5.36. The summed E-state index contributed by atoms with van der Waals surface area (Å²) < 4.78 is 5.40. The Balaban J connectivity index is 1.95. The highest BCUT2D eigenvalue weighted by molar-refractivity contribution is 5.05. The first-order chi connectivity index (χ1) is 7.38. The minimum Gasteiger partial charge on any atom is -0.468 e. The van der Waals surface area contributed by atoms with Gasteiger partial charge in [0.1, 0.15) is 5.76 Å². The van der Waals surface area contributed by atoms with Gasteiger partial charge >= 0.3 is 0 Å². The Hall–Kier alpha value is -0.760. The fourth-order valence-corrected chi connectivity index (χ4v) is 2.56. The van der Waals surface area contributed by atoms with Crippen LogP contribution in [0.3, 0.4) is 0 Å². The summed E-state index contributed by atoms with van der Waals surface area (Å²) in [4.78, 5) is 0. The zero-order valence-electron chi connectivity index (χ0n) is 9.32. The molecule has 1 atom stereocenters. The van der Waals surface area contributed by atoms with Gasteiger partial charge in [-0.1, -0.05) is 32.1 Å². The van der Waals surface area contributed by atoms with Gasteiger partial charge < -0.3 is 10.2 Å². The van der Waals surface area contributed by atoms with Crippen molar-refractivity contribution < 1.29 is 4.42 Å². The zero-order valence-corrected chi connectivity index (χ0v) is 9.32. The van der Waals surface area contributed by atoms with E-state index in [1.54, 1.807) is 6.26 Å². The molecule has 1 saturated carbocycles. The van der Waals surface area contributed by atoms with Crippen LogP contribution in [0.15, 0.2) is 22.8 Å². The van der Waals surface area contributed by atoms with E-state index in [-0.39, 0.29) is 6.04 Å². The average Bonchev–Trinajstić information content (AvgIpc) is 2.68. The SMILES string of the molecule is NC(c1ccco1)C1CCCCCCC1. The molecular weight excluding hydrogens is 186 g/mol. The first-order valence-electron chi connectivity index (χ1n) is 6.17. The van der Waals surface area contributed by atoms with Crippen molar-refractivity contribution in [1.82, 2.24) is 0 Å². The van der Waals surface area contributed by atoms with Gasteiger partial charge in [0.2, 0.25) is 0 Å². The molecule has 0 saturated heterocycles. The second-order valence-electron chi connectivity index (χ2n) is 4.65. The molecule has 1 aliphatic rings. The molecule has 2 rings (SSSR count). The van der Waals surface area contributed by atoms with Gasteiger partial charge in [-0.05, 0) is 30.9 Å². The van der Waals surface area contributed by atoms with E-state index in [0.29, 0.717) is 5.92 Å². The second-order valence-corrected chi connectivity index (χ2v) is 4.65. The standard InChI is InChI=1S/C13H21NO/c14-13(12-9-6-10-15-12)11-7-4-2-1-3-5-8-11/h6,9-11,13H,1-5,7-8,14H2. The number of hydrogen-bond acceptors (Lipinski definition) is 2. The molecule has 2 heteroatoms. The molecule has 0 bridgehead atoms. The third-order valence-corrected chi connectivity index (χ3v) is 3.53. The molecule has 1 aromatic rings. The fraction of sp³-hybridized carbons (Fsp3) is 0.692. The molecule has 1 unspecified atom stereocenters. The Morgan fingerprint density at radius 2 is 1.80 bits per heavy atom. The summed E-state index contributed by atoms with van der Waals surface area (Å²) in [5.41, 5.74) is 6.24. The monoisotopic (exact) mass is 207 g/mol. The third kappa shape index (κ3) is 2.85. The maximum absolute atomic E-state index is 6.24. The lowest BCUT2D eigenvalue weighted by molar-refractivity contribution is 0.297. The van der Waals surface area contributed by atoms with Crippen LogP contribution in [0.5, 0.6) is 0 Å². The van der Waals surface area contributed by atoms with Gasteiger partial charge in [-0.25, -0.2) is 0 Å². The quantitative estimate of drug-likeness (QED) is 0.804. The average molecular weight is 207 g/mol. The number of nitrogens with two attached hydrogens (primary N) is 1. The fourth-order valence-electron chi connectivity index (χ4n) is 2.56. The molecule has 1 heterocycles. The van der Waals surface area contributed by atoms with Crippen LogP contribution < -0.4 is 5.73 Å². The maximum atomic E-state index is 6.24. The number of rotatable bonds is 2. The minimum absolute atomic E-state index is 0.109. The van der Waals surface area contributed by atoms with E-state index in [2.05, 4.69) is 0 Å². The summed E-state index contributed by atoms with van der Waals surface area (Å²) in [6, 6.07) is 4.04. The molecule has 2 N–H and O–H groups in total. The molecule has 15 heavy (non-hydrogen) atoms. The van der Waals surface area contributed by atoms with Crippen LogP contribution in [-0.4, -0.2) is 0 Å². The van der Waals surface area contributed by atoms with Crippen molar-refractivity contribution in [2.75, 3.05) is 0 Å². The third-order valence-electron chi connectivity index (χ3n) is 3.53. The van der Waals surface area contributed by atoms with E-state index >= 15 is 0 Å². The Labute approximate surface area is 91.8 Å². The summed E-state index contributed by atoms with van der Waals surface area (Å²) in [6.07, 6.45) is 11.1. The van der Waals surface area contributed by atoms with Crippen LogP contribution in [0.2, 0.25) is 0 Å². The van der Waals surface area contributed by atoms with Crippen LogP contribution in [-0.2, 0) is 0 Å². The summed E-state index contributed by atoms with van der Waals surface area (Å²) in [7, 11) is 0. The highest BCUT2D eigenvalue weighted by Crippen LogP contribution is 2.31. The van der Waals surface area contributed by atoms with Gasteiger partial charge in [-0.2, -0.15) is 0 Å². The number of hydrogen-bond donors (Lipinski definition) is 1. The van der Waals surface area contributed by atoms with Crippen molar-refractivity contribution in [2.24, 2.45) is 11.7 Å². The number of furan rings is 1. The molecule has 0 radical (unpaired) electrons. The van der Waals surface area contributed by atoms with E-state index in [1.165, 1.54) is 44.9 Å². The van der Waals surface area contributed by atoms with Crippen LogP contribution in [0, 0.1) is 5.92 Å². The molecule has 0 amide bonds. The smallest absolute Gasteiger partial charge is 0.120 e. The molecule has 0 aliphatic heterocycles. The van der Waals surface area contributed by atoms with E-state index in [0.717, 1.165) is 5.76 Å². The Morgan fingerprint density at radius 3 is 2.40 bits per heavy atom. The Kier molecular flexibility index (Phi) is 3.84. The van der Waals surface area contributed by atoms with Gasteiger partial charge in [0.15, 0.2) is 0 Å². The Morgan fingerprint density at radius 1 is 1.13 bits per heavy atom. The van der Waals surface area contributed by atoms with Crippen molar-refractivity contribution >= 4 is 0 Å². The topological polar surface area (TPSA) is 39.2 Å². The zero-order chi connectivity index (χ0) is 10.5. The van der Waals surface area contributed by atoms with Crippen molar-refractivity contribution in [3.8, 4) is 0 Å². The lowest BCUT2D eigenvalue weighted by Gasteiger charge is -2.24. The van der Waals surface area contributed by atoms with E-state index < -0.39 is 0 Å². The lowest BCUT2D eigenvalue weighted by Crippen LogP contribution is -2.21. The predicted molar refractivity (Wildman–Crippen MR) is 61.4 cm³/mol. The molecule has 1 aliphatic carbocycles. The summed E-state index contributed by atoms with van der Waals surface area (Å²) in [6.45, 7) is 0.